The number of hydrogen-bond donors (Lipinski definition) is 0. The molecule has 7 heteroatoms. The van der Waals surface area contributed by atoms with Crippen LogP contribution in [0.15, 0.2) is 65.8 Å². The molecule has 6 nitrogen and oxygen atoms in total. The largest absolute Gasteiger partial charge is 0.312 e. The zero-order valence-electron chi connectivity index (χ0n) is 18.1. The lowest BCUT2D eigenvalue weighted by Crippen LogP contribution is -2.36. The summed E-state index contributed by atoms with van der Waals surface area (Å²) in [6, 6.07) is 20.0. The third-order valence-electron chi connectivity index (χ3n) is 5.56. The first-order valence-electron chi connectivity index (χ1n) is 10.9. The third-order valence-corrected chi connectivity index (χ3v) is 6.59. The molecule has 2 heterocycles. The number of likely N-dealkylation sites (tertiary alicyclic amines) is 1. The average molecular weight is 436 g/mol. The first-order chi connectivity index (χ1) is 15.2. The summed E-state index contributed by atoms with van der Waals surface area (Å²) in [6.07, 6.45) is 2.47. The number of para-hydroxylation sites is 2. The summed E-state index contributed by atoms with van der Waals surface area (Å²) in [5.41, 5.74) is 1.95. The zero-order valence-corrected chi connectivity index (χ0v) is 19.0. The fraction of sp³-hybridized carbons (Fsp3) is 0.375. The number of anilines is 1. The molecule has 1 saturated heterocycles. The highest BCUT2D eigenvalue weighted by molar-refractivity contribution is 8.00. The van der Waals surface area contributed by atoms with Crippen molar-refractivity contribution in [3.05, 3.63) is 66.5 Å². The van der Waals surface area contributed by atoms with Crippen LogP contribution in [0.1, 0.15) is 32.5 Å². The van der Waals surface area contributed by atoms with Crippen LogP contribution in [0.5, 0.6) is 0 Å². The molecule has 162 valence electrons. The van der Waals surface area contributed by atoms with E-state index >= 15 is 0 Å². The molecule has 0 saturated carbocycles. The van der Waals surface area contributed by atoms with Crippen LogP contribution in [0.2, 0.25) is 0 Å². The van der Waals surface area contributed by atoms with Gasteiger partial charge in [-0.05, 0) is 64.0 Å². The van der Waals surface area contributed by atoms with E-state index in [-0.39, 0.29) is 11.2 Å². The van der Waals surface area contributed by atoms with Crippen LogP contribution < -0.4 is 4.90 Å². The maximum absolute atomic E-state index is 13.3. The minimum Gasteiger partial charge on any atom is -0.312 e. The molecule has 3 aromatic rings. The topological polar surface area (TPSA) is 54.3 Å². The van der Waals surface area contributed by atoms with Gasteiger partial charge in [0.25, 0.3) is 0 Å². The summed E-state index contributed by atoms with van der Waals surface area (Å²) >= 11 is 1.47. The van der Waals surface area contributed by atoms with Gasteiger partial charge in [-0.25, -0.2) is 0 Å². The van der Waals surface area contributed by atoms with Gasteiger partial charge in [-0.1, -0.05) is 48.2 Å². The van der Waals surface area contributed by atoms with Gasteiger partial charge in [-0.2, -0.15) is 0 Å². The average Bonchev–Trinajstić information content (AvgIpc) is 3.46. The molecule has 0 spiro atoms. The Kier molecular flexibility index (Phi) is 7.04. The van der Waals surface area contributed by atoms with E-state index in [0.29, 0.717) is 6.54 Å². The molecule has 1 aliphatic rings. The highest BCUT2D eigenvalue weighted by Crippen LogP contribution is 2.28. The maximum Gasteiger partial charge on any atom is 0.240 e. The molecule has 1 unspecified atom stereocenters. The van der Waals surface area contributed by atoms with Gasteiger partial charge in [-0.3, -0.25) is 14.3 Å². The van der Waals surface area contributed by atoms with Crippen molar-refractivity contribution in [3.8, 4) is 5.69 Å². The second kappa shape index (κ2) is 10.1. The van der Waals surface area contributed by atoms with Crippen molar-refractivity contribution in [2.24, 2.45) is 0 Å². The van der Waals surface area contributed by atoms with Crippen molar-refractivity contribution in [3.63, 3.8) is 0 Å². The van der Waals surface area contributed by atoms with E-state index in [0.717, 1.165) is 42.0 Å². The Morgan fingerprint density at radius 3 is 2.32 bits per heavy atom. The molecule has 0 bridgehead atoms. The van der Waals surface area contributed by atoms with E-state index in [9.17, 15) is 4.79 Å². The van der Waals surface area contributed by atoms with Gasteiger partial charge in [0.2, 0.25) is 5.91 Å². The van der Waals surface area contributed by atoms with E-state index in [1.807, 2.05) is 67.3 Å². The molecule has 31 heavy (non-hydrogen) atoms. The molecular formula is C24H29N5OS. The van der Waals surface area contributed by atoms with Crippen LogP contribution in [-0.4, -0.2) is 50.5 Å². The number of thioether (sulfide) groups is 1. The maximum atomic E-state index is 13.3. The number of amides is 1. The van der Waals surface area contributed by atoms with Crippen molar-refractivity contribution < 1.29 is 4.79 Å². The molecule has 1 amide bonds. The van der Waals surface area contributed by atoms with Gasteiger partial charge >= 0.3 is 0 Å². The van der Waals surface area contributed by atoms with Crippen LogP contribution in [0.25, 0.3) is 5.69 Å². The Hall–Kier alpha value is -2.64. The van der Waals surface area contributed by atoms with Crippen molar-refractivity contribution in [1.29, 1.82) is 0 Å². The standard InChI is InChI=1S/C24H29N5OS/c1-3-28(20-12-6-4-7-13-20)23(30)19(2)31-24-26-25-22(18-27-16-10-11-17-27)29(24)21-14-8-5-9-15-21/h4-9,12-15,19H,3,10-11,16-18H2,1-2H3. The number of rotatable bonds is 8. The second-order valence-corrected chi connectivity index (χ2v) is 9.04. The first-order valence-corrected chi connectivity index (χ1v) is 11.8. The lowest BCUT2D eigenvalue weighted by molar-refractivity contribution is -0.117. The Morgan fingerprint density at radius 2 is 1.68 bits per heavy atom. The van der Waals surface area contributed by atoms with Crippen molar-refractivity contribution in [2.45, 2.75) is 43.6 Å². The predicted molar refractivity (Wildman–Crippen MR) is 126 cm³/mol. The summed E-state index contributed by atoms with van der Waals surface area (Å²) in [6.45, 7) is 7.55. The molecule has 4 rings (SSSR count). The lowest BCUT2D eigenvalue weighted by Gasteiger charge is -2.24. The number of carbonyl (C=O) groups excluding carboxylic acids is 1. The molecule has 1 aliphatic heterocycles. The van der Waals surface area contributed by atoms with Crippen LogP contribution in [0.3, 0.4) is 0 Å². The summed E-state index contributed by atoms with van der Waals surface area (Å²) in [7, 11) is 0. The van der Waals surface area contributed by atoms with Gasteiger partial charge in [0.05, 0.1) is 11.8 Å². The van der Waals surface area contributed by atoms with Crippen molar-refractivity contribution in [2.75, 3.05) is 24.5 Å². The lowest BCUT2D eigenvalue weighted by atomic mass is 10.2. The van der Waals surface area contributed by atoms with Crippen LogP contribution >= 0.6 is 11.8 Å². The summed E-state index contributed by atoms with van der Waals surface area (Å²) < 4.78 is 2.10. The Morgan fingerprint density at radius 1 is 1.03 bits per heavy atom. The summed E-state index contributed by atoms with van der Waals surface area (Å²) in [4.78, 5) is 17.5. The Bertz CT molecular complexity index is 986. The molecule has 1 aromatic heterocycles. The van der Waals surface area contributed by atoms with Gasteiger partial charge in [0.15, 0.2) is 11.0 Å². The number of hydrogen-bond acceptors (Lipinski definition) is 5. The van der Waals surface area contributed by atoms with E-state index < -0.39 is 0 Å². The van der Waals surface area contributed by atoms with Crippen LogP contribution in [-0.2, 0) is 11.3 Å². The van der Waals surface area contributed by atoms with Gasteiger partial charge < -0.3 is 4.90 Å². The fourth-order valence-corrected chi connectivity index (χ4v) is 4.91. The highest BCUT2D eigenvalue weighted by atomic mass is 32.2. The van der Waals surface area contributed by atoms with Gasteiger partial charge in [0.1, 0.15) is 0 Å². The molecule has 2 aromatic carbocycles. The zero-order chi connectivity index (χ0) is 21.6. The number of nitrogens with zero attached hydrogens (tertiary/aromatic N) is 5. The minimum absolute atomic E-state index is 0.0717. The number of benzene rings is 2. The highest BCUT2D eigenvalue weighted by Gasteiger charge is 2.26. The first kappa shape index (κ1) is 21.6. The number of carbonyl (C=O) groups is 1. The van der Waals surface area contributed by atoms with Crippen LogP contribution in [0.4, 0.5) is 5.69 Å². The monoisotopic (exact) mass is 435 g/mol. The third kappa shape index (κ3) is 4.99. The summed E-state index contributed by atoms with van der Waals surface area (Å²) in [5.74, 6) is 0.994. The molecule has 0 aliphatic carbocycles. The van der Waals surface area contributed by atoms with E-state index in [1.54, 1.807) is 0 Å². The second-order valence-electron chi connectivity index (χ2n) is 7.73. The number of aromatic nitrogens is 3. The van der Waals surface area contributed by atoms with Gasteiger partial charge in [-0.15, -0.1) is 10.2 Å². The minimum atomic E-state index is -0.286. The van der Waals surface area contributed by atoms with E-state index in [1.165, 1.54) is 24.6 Å². The molecule has 0 radical (unpaired) electrons. The molecule has 1 atom stereocenters. The van der Waals surface area contributed by atoms with Crippen molar-refractivity contribution >= 4 is 23.4 Å². The van der Waals surface area contributed by atoms with E-state index in [4.69, 9.17) is 0 Å². The van der Waals surface area contributed by atoms with E-state index in [2.05, 4.69) is 31.8 Å². The molecule has 0 N–H and O–H groups in total. The van der Waals surface area contributed by atoms with Crippen LogP contribution in [0, 0.1) is 0 Å². The van der Waals surface area contributed by atoms with Gasteiger partial charge in [0, 0.05) is 17.9 Å². The Balaban J connectivity index is 1.58. The van der Waals surface area contributed by atoms with Crippen molar-refractivity contribution in [1.82, 2.24) is 19.7 Å². The summed E-state index contributed by atoms with van der Waals surface area (Å²) in [5, 5.41) is 9.48. The smallest absolute Gasteiger partial charge is 0.240 e. The SMILES string of the molecule is CCN(C(=O)C(C)Sc1nnc(CN2CCCC2)n1-c1ccccc1)c1ccccc1. The normalized spacial score (nSPS) is 15.2. The predicted octanol–water partition coefficient (Wildman–Crippen LogP) is 4.40. The molecule has 1 fully saturated rings. The fourth-order valence-electron chi connectivity index (χ4n) is 3.96. The molecular weight excluding hydrogens is 406 g/mol. The Labute approximate surface area is 188 Å². The quantitative estimate of drug-likeness (QED) is 0.491.